The van der Waals surface area contributed by atoms with E-state index in [1.54, 1.807) is 0 Å². The highest BCUT2D eigenvalue weighted by Crippen LogP contribution is 2.19. The molecule has 1 fully saturated rings. The number of ether oxygens (including phenoxy) is 1. The Bertz CT molecular complexity index is 618. The normalized spacial score (nSPS) is 20.9. The summed E-state index contributed by atoms with van der Waals surface area (Å²) < 4.78 is 5.57. The van der Waals surface area contributed by atoms with Crippen LogP contribution in [0.4, 0.5) is 0 Å². The highest BCUT2D eigenvalue weighted by Gasteiger charge is 2.21. The Hall–Kier alpha value is -2.37. The number of benzene rings is 1. The van der Waals surface area contributed by atoms with Crippen molar-refractivity contribution in [2.24, 2.45) is 11.0 Å². The first kappa shape index (κ1) is 15.5. The van der Waals surface area contributed by atoms with Crippen LogP contribution in [-0.4, -0.2) is 42.1 Å². The zero-order chi connectivity index (χ0) is 16.2. The highest BCUT2D eigenvalue weighted by atomic mass is 16.5. The van der Waals surface area contributed by atoms with Gasteiger partial charge in [0.25, 0.3) is 5.91 Å². The van der Waals surface area contributed by atoms with E-state index >= 15 is 0 Å². The zero-order valence-electron chi connectivity index (χ0n) is 13.2. The lowest BCUT2D eigenvalue weighted by Crippen LogP contribution is -2.32. The molecule has 1 N–H and O–H groups in total. The number of nitrogens with one attached hydrogen (secondary N) is 1. The summed E-state index contributed by atoms with van der Waals surface area (Å²) in [6, 6.07) is 7.47. The molecular formula is C17H21N3O3. The number of amides is 2. The predicted molar refractivity (Wildman–Crippen MR) is 86.2 cm³/mol. The molecule has 0 aliphatic carbocycles. The van der Waals surface area contributed by atoms with E-state index < -0.39 is 0 Å². The molecule has 1 unspecified atom stereocenters. The minimum Gasteiger partial charge on any atom is -0.484 e. The average Bonchev–Trinajstić information content (AvgIpc) is 3.08. The van der Waals surface area contributed by atoms with E-state index in [2.05, 4.69) is 10.5 Å². The number of carbonyl (C=O) groups is 2. The maximum Gasteiger partial charge on any atom is 0.260 e. The van der Waals surface area contributed by atoms with Crippen LogP contribution in [0.3, 0.4) is 0 Å². The monoisotopic (exact) mass is 315 g/mol. The molecule has 0 aromatic heterocycles. The molecule has 0 saturated carbocycles. The lowest BCUT2D eigenvalue weighted by Gasteiger charge is -2.19. The van der Waals surface area contributed by atoms with Gasteiger partial charge in [-0.1, -0.05) is 6.92 Å². The Balaban J connectivity index is 1.59. The number of hydrogen-bond acceptors (Lipinski definition) is 4. The smallest absolute Gasteiger partial charge is 0.260 e. The maximum absolute atomic E-state index is 11.9. The van der Waals surface area contributed by atoms with Crippen LogP contribution >= 0.6 is 0 Å². The molecule has 6 nitrogen and oxygen atoms in total. The summed E-state index contributed by atoms with van der Waals surface area (Å²) in [5, 5.41) is 4.13. The van der Waals surface area contributed by atoms with Gasteiger partial charge in [-0.3, -0.25) is 9.59 Å². The van der Waals surface area contributed by atoms with Crippen molar-refractivity contribution < 1.29 is 14.3 Å². The molecule has 1 aromatic carbocycles. The minimum atomic E-state index is -0.0540. The van der Waals surface area contributed by atoms with Gasteiger partial charge in [0, 0.05) is 25.4 Å². The van der Waals surface area contributed by atoms with Crippen LogP contribution in [0, 0.1) is 5.92 Å². The van der Waals surface area contributed by atoms with Crippen LogP contribution in [0.1, 0.15) is 31.7 Å². The number of carbonyl (C=O) groups excluding carboxylic acids is 2. The third-order valence-corrected chi connectivity index (χ3v) is 4.23. The largest absolute Gasteiger partial charge is 0.484 e. The second-order valence-electron chi connectivity index (χ2n) is 6.04. The van der Waals surface area contributed by atoms with E-state index in [0.29, 0.717) is 12.2 Å². The third kappa shape index (κ3) is 3.70. The Morgan fingerprint density at radius 2 is 2.00 bits per heavy atom. The fourth-order valence-corrected chi connectivity index (χ4v) is 2.93. The van der Waals surface area contributed by atoms with Gasteiger partial charge < -0.3 is 9.64 Å². The van der Waals surface area contributed by atoms with Crippen molar-refractivity contribution in [1.82, 2.24) is 10.3 Å². The van der Waals surface area contributed by atoms with Gasteiger partial charge in [-0.25, -0.2) is 5.43 Å². The van der Waals surface area contributed by atoms with Gasteiger partial charge in [0.05, 0.1) is 5.71 Å². The van der Waals surface area contributed by atoms with Gasteiger partial charge >= 0.3 is 0 Å². The quantitative estimate of drug-likeness (QED) is 0.916. The molecule has 2 aliphatic heterocycles. The summed E-state index contributed by atoms with van der Waals surface area (Å²) in [5.74, 6) is 0.739. The molecule has 2 aliphatic rings. The number of nitrogens with zero attached hydrogens (tertiary/aromatic N) is 2. The van der Waals surface area contributed by atoms with Gasteiger partial charge in [-0.05, 0) is 42.7 Å². The van der Waals surface area contributed by atoms with E-state index in [1.807, 2.05) is 36.1 Å². The molecule has 0 spiro atoms. The molecule has 3 rings (SSSR count). The van der Waals surface area contributed by atoms with Crippen LogP contribution in [0.2, 0.25) is 0 Å². The van der Waals surface area contributed by atoms with Crippen LogP contribution in [0.5, 0.6) is 5.75 Å². The average molecular weight is 315 g/mol. The second kappa shape index (κ2) is 6.81. The number of rotatable bonds is 4. The fourth-order valence-electron chi connectivity index (χ4n) is 2.93. The maximum atomic E-state index is 11.9. The van der Waals surface area contributed by atoms with Crippen molar-refractivity contribution in [2.75, 3.05) is 19.7 Å². The Kier molecular flexibility index (Phi) is 4.60. The van der Waals surface area contributed by atoms with Crippen molar-refractivity contribution in [1.29, 1.82) is 0 Å². The number of hydrogen-bond donors (Lipinski definition) is 1. The summed E-state index contributed by atoms with van der Waals surface area (Å²) >= 11 is 0. The molecule has 1 atom stereocenters. The summed E-state index contributed by atoms with van der Waals surface area (Å²) in [5.41, 5.74) is 4.33. The molecular weight excluding hydrogens is 294 g/mol. The molecule has 122 valence electrons. The second-order valence-corrected chi connectivity index (χ2v) is 6.04. The first-order valence-electron chi connectivity index (χ1n) is 8.01. The van der Waals surface area contributed by atoms with Gasteiger partial charge in [-0.2, -0.15) is 5.10 Å². The summed E-state index contributed by atoms with van der Waals surface area (Å²) in [6.07, 6.45) is 2.61. The lowest BCUT2D eigenvalue weighted by atomic mass is 9.94. The number of likely N-dealkylation sites (tertiary alicyclic amines) is 1. The fraction of sp³-hybridized carbons (Fsp3) is 0.471. The van der Waals surface area contributed by atoms with E-state index in [1.165, 1.54) is 0 Å². The highest BCUT2D eigenvalue weighted by molar-refractivity contribution is 6.05. The van der Waals surface area contributed by atoms with Crippen molar-refractivity contribution in [3.05, 3.63) is 29.8 Å². The Morgan fingerprint density at radius 3 is 2.65 bits per heavy atom. The summed E-state index contributed by atoms with van der Waals surface area (Å²) in [4.78, 5) is 25.1. The van der Waals surface area contributed by atoms with Gasteiger partial charge in [0.2, 0.25) is 5.91 Å². The molecule has 0 bridgehead atoms. The van der Waals surface area contributed by atoms with E-state index in [9.17, 15) is 9.59 Å². The van der Waals surface area contributed by atoms with Crippen LogP contribution in [0.15, 0.2) is 29.4 Å². The molecule has 6 heteroatoms. The van der Waals surface area contributed by atoms with Gasteiger partial charge in [0.1, 0.15) is 5.75 Å². The van der Waals surface area contributed by atoms with E-state index in [0.717, 1.165) is 37.2 Å². The standard InChI is InChI=1S/C17H21N3O3/c1-12-10-15(21)18-19-17(12)13-4-6-14(7-5-13)23-11-16(22)20-8-2-3-9-20/h4-7,12H,2-3,8-11H2,1H3,(H,18,21). The Labute approximate surface area is 135 Å². The minimum absolute atomic E-state index is 0.0413. The van der Waals surface area contributed by atoms with E-state index in [4.69, 9.17) is 4.74 Å². The lowest BCUT2D eigenvalue weighted by molar-refractivity contribution is -0.132. The molecule has 1 saturated heterocycles. The van der Waals surface area contributed by atoms with Crippen molar-refractivity contribution >= 4 is 17.5 Å². The predicted octanol–water partition coefficient (Wildman–Crippen LogP) is 1.55. The van der Waals surface area contributed by atoms with Crippen LogP contribution in [0.25, 0.3) is 0 Å². The van der Waals surface area contributed by atoms with Crippen molar-refractivity contribution in [3.63, 3.8) is 0 Å². The van der Waals surface area contributed by atoms with Crippen molar-refractivity contribution in [3.8, 4) is 5.75 Å². The zero-order valence-corrected chi connectivity index (χ0v) is 13.2. The third-order valence-electron chi connectivity index (χ3n) is 4.23. The molecule has 1 aromatic rings. The van der Waals surface area contributed by atoms with Crippen molar-refractivity contribution in [2.45, 2.75) is 26.2 Å². The topological polar surface area (TPSA) is 71.0 Å². The first-order chi connectivity index (χ1) is 11.1. The van der Waals surface area contributed by atoms with Crippen LogP contribution in [-0.2, 0) is 9.59 Å². The molecule has 23 heavy (non-hydrogen) atoms. The van der Waals surface area contributed by atoms with Gasteiger partial charge in [0.15, 0.2) is 6.61 Å². The molecule has 2 amide bonds. The molecule has 0 radical (unpaired) electrons. The Morgan fingerprint density at radius 1 is 1.30 bits per heavy atom. The van der Waals surface area contributed by atoms with Crippen LogP contribution < -0.4 is 10.2 Å². The van der Waals surface area contributed by atoms with Gasteiger partial charge in [-0.15, -0.1) is 0 Å². The van der Waals surface area contributed by atoms with E-state index in [-0.39, 0.29) is 24.3 Å². The SMILES string of the molecule is CC1CC(=O)NN=C1c1ccc(OCC(=O)N2CCCC2)cc1. The first-order valence-corrected chi connectivity index (χ1v) is 8.01. The summed E-state index contributed by atoms with van der Waals surface area (Å²) in [6.45, 7) is 3.73. The summed E-state index contributed by atoms with van der Waals surface area (Å²) in [7, 11) is 0. The molecule has 2 heterocycles. The number of hydrazone groups is 1.